The van der Waals surface area contributed by atoms with Gasteiger partial charge in [0.1, 0.15) is 0 Å². The third-order valence-corrected chi connectivity index (χ3v) is 3.33. The molecule has 16 heavy (non-hydrogen) atoms. The van der Waals surface area contributed by atoms with Crippen molar-refractivity contribution in [2.24, 2.45) is 23.3 Å². The molecule has 90 valence electrons. The molecule has 1 unspecified atom stereocenters. The summed E-state index contributed by atoms with van der Waals surface area (Å²) in [5, 5.41) is 1.35. The summed E-state index contributed by atoms with van der Waals surface area (Å²) in [5.41, 5.74) is 12.5. The molecule has 4 N–H and O–H groups in total. The number of nitrogens with two attached hydrogens (primary N) is 2. The van der Waals surface area contributed by atoms with Gasteiger partial charge in [-0.25, -0.2) is 0 Å². The highest BCUT2D eigenvalue weighted by molar-refractivity contribution is 6.34. The summed E-state index contributed by atoms with van der Waals surface area (Å²) in [5.74, 6) is 0.780. The third kappa shape index (κ3) is 3.95. The molecule has 0 heterocycles. The second kappa shape index (κ2) is 6.45. The zero-order valence-electron chi connectivity index (χ0n) is 9.42. The zero-order chi connectivity index (χ0) is 12.1. The average molecular weight is 261 g/mol. The van der Waals surface area contributed by atoms with Crippen LogP contribution < -0.4 is 11.5 Å². The SMILES string of the molecule is CC(Cc1cc(Cl)cc(Cl)c1)C(CN)CN. The molecule has 1 aromatic carbocycles. The molecular formula is C12H18Cl2N2. The third-order valence-electron chi connectivity index (χ3n) is 2.89. The highest BCUT2D eigenvalue weighted by atomic mass is 35.5. The van der Waals surface area contributed by atoms with Gasteiger partial charge in [-0.1, -0.05) is 30.1 Å². The summed E-state index contributed by atoms with van der Waals surface area (Å²) < 4.78 is 0. The molecule has 1 rings (SSSR count). The molecule has 2 nitrogen and oxygen atoms in total. The van der Waals surface area contributed by atoms with E-state index in [1.54, 1.807) is 6.07 Å². The lowest BCUT2D eigenvalue weighted by Gasteiger charge is -2.21. The summed E-state index contributed by atoms with van der Waals surface area (Å²) in [7, 11) is 0. The average Bonchev–Trinajstić information content (AvgIpc) is 2.17. The van der Waals surface area contributed by atoms with E-state index in [1.807, 2.05) is 12.1 Å². The molecule has 0 aliphatic rings. The maximum atomic E-state index is 5.95. The quantitative estimate of drug-likeness (QED) is 0.856. The molecule has 0 saturated heterocycles. The molecular weight excluding hydrogens is 243 g/mol. The second-order valence-electron chi connectivity index (χ2n) is 4.19. The van der Waals surface area contributed by atoms with Crippen molar-refractivity contribution < 1.29 is 0 Å². The standard InChI is InChI=1S/C12H18Cl2N2/c1-8(10(6-15)7-16)2-9-3-11(13)5-12(14)4-9/h3-5,8,10H,2,6-7,15-16H2,1H3. The first-order chi connectivity index (χ1) is 7.56. The number of rotatable bonds is 5. The van der Waals surface area contributed by atoms with Gasteiger partial charge in [0.15, 0.2) is 0 Å². The number of halogens is 2. The summed E-state index contributed by atoms with van der Waals surface area (Å²) in [4.78, 5) is 0. The second-order valence-corrected chi connectivity index (χ2v) is 5.06. The molecule has 0 spiro atoms. The van der Waals surface area contributed by atoms with Crippen LogP contribution in [0.5, 0.6) is 0 Å². The predicted octanol–water partition coefficient (Wildman–Crippen LogP) is 2.71. The number of hydrogen-bond donors (Lipinski definition) is 2. The van der Waals surface area contributed by atoms with Crippen LogP contribution in [0.25, 0.3) is 0 Å². The molecule has 4 heteroatoms. The largest absolute Gasteiger partial charge is 0.330 e. The predicted molar refractivity (Wildman–Crippen MR) is 70.9 cm³/mol. The van der Waals surface area contributed by atoms with E-state index in [0.29, 0.717) is 35.0 Å². The molecule has 1 atom stereocenters. The lowest BCUT2D eigenvalue weighted by atomic mass is 9.88. The van der Waals surface area contributed by atoms with Crippen molar-refractivity contribution in [2.45, 2.75) is 13.3 Å². The van der Waals surface area contributed by atoms with Crippen molar-refractivity contribution in [3.63, 3.8) is 0 Å². The summed E-state index contributed by atoms with van der Waals surface area (Å²) >= 11 is 11.9. The van der Waals surface area contributed by atoms with Crippen LogP contribution in [0.1, 0.15) is 12.5 Å². The number of hydrogen-bond acceptors (Lipinski definition) is 2. The highest BCUT2D eigenvalue weighted by Gasteiger charge is 2.14. The molecule has 0 aromatic heterocycles. The van der Waals surface area contributed by atoms with Crippen LogP contribution >= 0.6 is 23.2 Å². The Kier molecular flexibility index (Phi) is 5.56. The van der Waals surface area contributed by atoms with Crippen molar-refractivity contribution in [2.75, 3.05) is 13.1 Å². The molecule has 0 aliphatic heterocycles. The van der Waals surface area contributed by atoms with Crippen LogP contribution in [0, 0.1) is 11.8 Å². The Hall–Kier alpha value is -0.280. The minimum Gasteiger partial charge on any atom is -0.330 e. The van der Waals surface area contributed by atoms with E-state index in [1.165, 1.54) is 0 Å². The molecule has 0 amide bonds. The van der Waals surface area contributed by atoms with Gasteiger partial charge in [0, 0.05) is 10.0 Å². The number of benzene rings is 1. The Bertz CT molecular complexity index is 318. The van der Waals surface area contributed by atoms with Gasteiger partial charge >= 0.3 is 0 Å². The van der Waals surface area contributed by atoms with Crippen molar-refractivity contribution in [1.29, 1.82) is 0 Å². The minimum atomic E-state index is 0.345. The Morgan fingerprint density at radius 1 is 1.06 bits per heavy atom. The topological polar surface area (TPSA) is 52.0 Å². The van der Waals surface area contributed by atoms with Gasteiger partial charge in [0.2, 0.25) is 0 Å². The van der Waals surface area contributed by atoms with Crippen LogP contribution in [0.15, 0.2) is 18.2 Å². The first-order valence-corrected chi connectivity index (χ1v) is 6.17. The van der Waals surface area contributed by atoms with Crippen molar-refractivity contribution in [3.8, 4) is 0 Å². The van der Waals surface area contributed by atoms with Gasteiger partial charge in [-0.2, -0.15) is 0 Å². The lowest BCUT2D eigenvalue weighted by molar-refractivity contribution is 0.372. The lowest BCUT2D eigenvalue weighted by Crippen LogP contribution is -2.30. The first-order valence-electron chi connectivity index (χ1n) is 5.42. The van der Waals surface area contributed by atoms with E-state index < -0.39 is 0 Å². The molecule has 0 fully saturated rings. The van der Waals surface area contributed by atoms with Crippen molar-refractivity contribution in [3.05, 3.63) is 33.8 Å². The highest BCUT2D eigenvalue weighted by Crippen LogP contribution is 2.23. The van der Waals surface area contributed by atoms with Crippen LogP contribution in [0.3, 0.4) is 0 Å². The van der Waals surface area contributed by atoms with E-state index in [2.05, 4.69) is 6.92 Å². The fourth-order valence-electron chi connectivity index (χ4n) is 1.83. The Morgan fingerprint density at radius 2 is 1.56 bits per heavy atom. The zero-order valence-corrected chi connectivity index (χ0v) is 10.9. The van der Waals surface area contributed by atoms with Gasteiger partial charge in [-0.05, 0) is 55.1 Å². The maximum absolute atomic E-state index is 5.95. The van der Waals surface area contributed by atoms with Gasteiger partial charge in [-0.15, -0.1) is 0 Å². The Labute approximate surface area is 107 Å². The Morgan fingerprint density at radius 3 is 2.00 bits per heavy atom. The molecule has 0 saturated carbocycles. The van der Waals surface area contributed by atoms with Crippen LogP contribution in [-0.2, 0) is 6.42 Å². The van der Waals surface area contributed by atoms with Gasteiger partial charge in [0.25, 0.3) is 0 Å². The van der Waals surface area contributed by atoms with Crippen LogP contribution in [-0.4, -0.2) is 13.1 Å². The monoisotopic (exact) mass is 260 g/mol. The Balaban J connectivity index is 2.72. The molecule has 1 aromatic rings. The minimum absolute atomic E-state index is 0.345. The summed E-state index contributed by atoms with van der Waals surface area (Å²) in [6, 6.07) is 5.61. The molecule has 0 bridgehead atoms. The fraction of sp³-hybridized carbons (Fsp3) is 0.500. The normalized spacial score (nSPS) is 13.1. The smallest absolute Gasteiger partial charge is 0.0423 e. The van der Waals surface area contributed by atoms with E-state index in [9.17, 15) is 0 Å². The maximum Gasteiger partial charge on any atom is 0.0423 e. The van der Waals surface area contributed by atoms with Gasteiger partial charge < -0.3 is 11.5 Å². The van der Waals surface area contributed by atoms with Gasteiger partial charge in [0.05, 0.1) is 0 Å². The molecule has 0 aliphatic carbocycles. The van der Waals surface area contributed by atoms with Gasteiger partial charge in [-0.3, -0.25) is 0 Å². The van der Waals surface area contributed by atoms with Crippen molar-refractivity contribution in [1.82, 2.24) is 0 Å². The van der Waals surface area contributed by atoms with Crippen LogP contribution in [0.4, 0.5) is 0 Å². The van der Waals surface area contributed by atoms with E-state index >= 15 is 0 Å². The fourth-order valence-corrected chi connectivity index (χ4v) is 2.40. The molecule has 0 radical (unpaired) electrons. The van der Waals surface area contributed by atoms with Crippen molar-refractivity contribution >= 4 is 23.2 Å². The van der Waals surface area contributed by atoms with E-state index in [0.717, 1.165) is 12.0 Å². The first kappa shape index (κ1) is 13.8. The summed E-state index contributed by atoms with van der Waals surface area (Å²) in [6.07, 6.45) is 0.902. The van der Waals surface area contributed by atoms with E-state index in [-0.39, 0.29) is 0 Å². The van der Waals surface area contributed by atoms with E-state index in [4.69, 9.17) is 34.7 Å². The summed E-state index contributed by atoms with van der Waals surface area (Å²) in [6.45, 7) is 3.39. The van der Waals surface area contributed by atoms with Crippen LogP contribution in [0.2, 0.25) is 10.0 Å².